The van der Waals surface area contributed by atoms with Gasteiger partial charge in [0.1, 0.15) is 5.65 Å². The van der Waals surface area contributed by atoms with Crippen molar-refractivity contribution < 1.29 is 0 Å². The van der Waals surface area contributed by atoms with Gasteiger partial charge in [-0.15, -0.1) is 0 Å². The smallest absolute Gasteiger partial charge is 0.160 e. The molecule has 4 heteroatoms. The van der Waals surface area contributed by atoms with Gasteiger partial charge >= 0.3 is 0 Å². The van der Waals surface area contributed by atoms with Gasteiger partial charge in [0, 0.05) is 47.0 Å². The number of aromatic nitrogens is 4. The summed E-state index contributed by atoms with van der Waals surface area (Å²) in [5.41, 5.74) is 5.27. The number of hydrogen-bond donors (Lipinski definition) is 0. The van der Waals surface area contributed by atoms with Gasteiger partial charge in [-0.3, -0.25) is 0 Å². The van der Waals surface area contributed by atoms with Crippen molar-refractivity contribution in [2.75, 3.05) is 0 Å². The molecule has 0 aliphatic heterocycles. The lowest BCUT2D eigenvalue weighted by Crippen LogP contribution is -1.95. The molecule has 0 unspecified atom stereocenters. The first kappa shape index (κ1) is 15.7. The fourth-order valence-corrected chi connectivity index (χ4v) is 3.62. The predicted octanol–water partition coefficient (Wildman–Crippen LogP) is 5.33. The Labute approximate surface area is 157 Å². The Morgan fingerprint density at radius 2 is 1.41 bits per heavy atom. The van der Waals surface area contributed by atoms with Gasteiger partial charge in [-0.1, -0.05) is 48.5 Å². The molecule has 2 aromatic carbocycles. The van der Waals surface area contributed by atoms with Crippen LogP contribution in [0.1, 0.15) is 6.92 Å². The predicted molar refractivity (Wildman–Crippen MR) is 109 cm³/mol. The maximum atomic E-state index is 4.73. The van der Waals surface area contributed by atoms with Crippen LogP contribution in [0, 0.1) is 0 Å². The largest absolute Gasteiger partial charge is 0.326 e. The summed E-state index contributed by atoms with van der Waals surface area (Å²) in [6.45, 7) is 3.03. The van der Waals surface area contributed by atoms with E-state index in [1.807, 2.05) is 36.8 Å². The minimum absolute atomic E-state index is 0.692. The molecule has 5 rings (SSSR count). The molecule has 0 saturated heterocycles. The SMILES string of the molecule is CCn1c2ccccc2c2cc(-c3ncc(-c4ccccc4)cn3)cnc21. The summed E-state index contributed by atoms with van der Waals surface area (Å²) in [6.07, 6.45) is 5.61. The molecule has 5 aromatic rings. The summed E-state index contributed by atoms with van der Waals surface area (Å²) in [7, 11) is 0. The fraction of sp³-hybridized carbons (Fsp3) is 0.0870. The van der Waals surface area contributed by atoms with Crippen LogP contribution in [-0.2, 0) is 6.54 Å². The molecule has 0 spiro atoms. The summed E-state index contributed by atoms with van der Waals surface area (Å²) >= 11 is 0. The van der Waals surface area contributed by atoms with Crippen molar-refractivity contribution in [3.05, 3.63) is 79.3 Å². The lowest BCUT2D eigenvalue weighted by atomic mass is 10.1. The molecular weight excluding hydrogens is 332 g/mol. The monoisotopic (exact) mass is 350 g/mol. The zero-order chi connectivity index (χ0) is 18.2. The van der Waals surface area contributed by atoms with Crippen molar-refractivity contribution in [2.45, 2.75) is 13.5 Å². The van der Waals surface area contributed by atoms with E-state index in [1.165, 1.54) is 10.9 Å². The third-order valence-electron chi connectivity index (χ3n) is 4.94. The maximum Gasteiger partial charge on any atom is 0.160 e. The molecular formula is C23H18N4. The van der Waals surface area contributed by atoms with E-state index >= 15 is 0 Å². The van der Waals surface area contributed by atoms with Crippen molar-refractivity contribution >= 4 is 21.9 Å². The van der Waals surface area contributed by atoms with Crippen LogP contribution in [0.3, 0.4) is 0 Å². The van der Waals surface area contributed by atoms with Crippen LogP contribution in [0.5, 0.6) is 0 Å². The lowest BCUT2D eigenvalue weighted by molar-refractivity contribution is 0.816. The van der Waals surface area contributed by atoms with Gasteiger partial charge in [-0.05, 0) is 24.6 Å². The summed E-state index contributed by atoms with van der Waals surface area (Å²) in [5, 5.41) is 2.35. The van der Waals surface area contributed by atoms with Gasteiger partial charge in [0.05, 0.1) is 5.52 Å². The molecule has 4 nitrogen and oxygen atoms in total. The van der Waals surface area contributed by atoms with Gasteiger partial charge in [0.25, 0.3) is 0 Å². The molecule has 130 valence electrons. The lowest BCUT2D eigenvalue weighted by Gasteiger charge is -2.04. The van der Waals surface area contributed by atoms with Gasteiger partial charge in [0.2, 0.25) is 0 Å². The highest BCUT2D eigenvalue weighted by atomic mass is 15.0. The highest BCUT2D eigenvalue weighted by molar-refractivity contribution is 6.07. The molecule has 0 atom stereocenters. The number of pyridine rings is 1. The van der Waals surface area contributed by atoms with Gasteiger partial charge < -0.3 is 4.57 Å². The van der Waals surface area contributed by atoms with E-state index in [0.29, 0.717) is 5.82 Å². The zero-order valence-electron chi connectivity index (χ0n) is 15.0. The van der Waals surface area contributed by atoms with E-state index in [4.69, 9.17) is 4.98 Å². The Balaban J connectivity index is 1.62. The average molecular weight is 350 g/mol. The number of fused-ring (bicyclic) bond motifs is 3. The van der Waals surface area contributed by atoms with E-state index in [0.717, 1.165) is 34.3 Å². The number of aryl methyl sites for hydroxylation is 1. The van der Waals surface area contributed by atoms with Crippen LogP contribution in [0.2, 0.25) is 0 Å². The second-order valence-corrected chi connectivity index (χ2v) is 6.52. The molecule has 0 N–H and O–H groups in total. The topological polar surface area (TPSA) is 43.6 Å². The zero-order valence-corrected chi connectivity index (χ0v) is 15.0. The van der Waals surface area contributed by atoms with Crippen molar-refractivity contribution in [1.82, 2.24) is 19.5 Å². The number of hydrogen-bond acceptors (Lipinski definition) is 3. The molecule has 3 heterocycles. The van der Waals surface area contributed by atoms with Crippen LogP contribution >= 0.6 is 0 Å². The van der Waals surface area contributed by atoms with E-state index in [2.05, 4.69) is 63.9 Å². The highest BCUT2D eigenvalue weighted by Gasteiger charge is 2.12. The molecule has 0 bridgehead atoms. The molecule has 0 fully saturated rings. The summed E-state index contributed by atoms with van der Waals surface area (Å²) in [6, 6.07) is 20.7. The minimum atomic E-state index is 0.692. The van der Waals surface area contributed by atoms with Crippen molar-refractivity contribution in [3.8, 4) is 22.5 Å². The fourth-order valence-electron chi connectivity index (χ4n) is 3.62. The number of nitrogens with zero attached hydrogens (tertiary/aromatic N) is 4. The molecule has 0 aliphatic carbocycles. The molecule has 0 radical (unpaired) electrons. The minimum Gasteiger partial charge on any atom is -0.326 e. The highest BCUT2D eigenvalue weighted by Crippen LogP contribution is 2.30. The normalized spacial score (nSPS) is 11.3. The molecule has 0 amide bonds. The Morgan fingerprint density at radius 3 is 2.19 bits per heavy atom. The van der Waals surface area contributed by atoms with Gasteiger partial charge in [-0.2, -0.15) is 0 Å². The molecule has 3 aromatic heterocycles. The first-order valence-corrected chi connectivity index (χ1v) is 9.10. The van der Waals surface area contributed by atoms with E-state index in [-0.39, 0.29) is 0 Å². The Hall–Kier alpha value is -3.53. The Morgan fingerprint density at radius 1 is 0.704 bits per heavy atom. The van der Waals surface area contributed by atoms with Crippen molar-refractivity contribution in [1.29, 1.82) is 0 Å². The first-order chi connectivity index (χ1) is 13.3. The van der Waals surface area contributed by atoms with E-state index in [9.17, 15) is 0 Å². The number of benzene rings is 2. The van der Waals surface area contributed by atoms with Gasteiger partial charge in [-0.25, -0.2) is 15.0 Å². The maximum absolute atomic E-state index is 4.73. The second kappa shape index (κ2) is 6.32. The van der Waals surface area contributed by atoms with E-state index < -0.39 is 0 Å². The number of rotatable bonds is 3. The first-order valence-electron chi connectivity index (χ1n) is 9.10. The molecule has 27 heavy (non-hydrogen) atoms. The summed E-state index contributed by atoms with van der Waals surface area (Å²) in [4.78, 5) is 13.9. The van der Waals surface area contributed by atoms with Crippen LogP contribution in [-0.4, -0.2) is 19.5 Å². The van der Waals surface area contributed by atoms with Crippen LogP contribution in [0.25, 0.3) is 44.5 Å². The third kappa shape index (κ3) is 2.57. The quantitative estimate of drug-likeness (QED) is 0.441. The average Bonchev–Trinajstić information content (AvgIpc) is 3.07. The second-order valence-electron chi connectivity index (χ2n) is 6.52. The standard InChI is InChI=1S/C23H18N4/c1-2-27-21-11-7-6-10-19(21)20-12-17(13-26-23(20)27)22-24-14-18(15-25-22)16-8-4-3-5-9-16/h3-15H,2H2,1H3. The van der Waals surface area contributed by atoms with E-state index in [1.54, 1.807) is 0 Å². The van der Waals surface area contributed by atoms with Crippen molar-refractivity contribution in [3.63, 3.8) is 0 Å². The summed E-state index contributed by atoms with van der Waals surface area (Å²) < 4.78 is 2.24. The van der Waals surface area contributed by atoms with Crippen LogP contribution in [0.4, 0.5) is 0 Å². The third-order valence-corrected chi connectivity index (χ3v) is 4.94. The Kier molecular flexibility index (Phi) is 3.68. The summed E-state index contributed by atoms with van der Waals surface area (Å²) in [5.74, 6) is 0.692. The van der Waals surface area contributed by atoms with Crippen LogP contribution < -0.4 is 0 Å². The molecule has 0 aliphatic rings. The Bertz CT molecular complexity index is 1240. The van der Waals surface area contributed by atoms with Gasteiger partial charge in [0.15, 0.2) is 5.82 Å². The van der Waals surface area contributed by atoms with Crippen LogP contribution in [0.15, 0.2) is 79.3 Å². The molecule has 0 saturated carbocycles. The number of para-hydroxylation sites is 1. The van der Waals surface area contributed by atoms with Crippen molar-refractivity contribution in [2.24, 2.45) is 0 Å².